The predicted molar refractivity (Wildman–Crippen MR) is 115 cm³/mol. The monoisotopic (exact) mass is 517 g/mol. The van der Waals surface area contributed by atoms with E-state index in [1.165, 1.54) is 12.1 Å². The zero-order valence-electron chi connectivity index (χ0n) is 17.3. The predicted octanol–water partition coefficient (Wildman–Crippen LogP) is 3.65. The molecule has 0 fully saturated rings. The number of nitrogens with zero attached hydrogens (tertiary/aromatic N) is 1. The van der Waals surface area contributed by atoms with E-state index in [-0.39, 0.29) is 17.0 Å². The van der Waals surface area contributed by atoms with Crippen molar-refractivity contribution in [1.29, 1.82) is 0 Å². The van der Waals surface area contributed by atoms with E-state index < -0.39 is 44.0 Å². The average Bonchev–Trinajstić information content (AvgIpc) is 3.23. The highest BCUT2D eigenvalue weighted by molar-refractivity contribution is 7.88. The Balaban J connectivity index is 2.01. The van der Waals surface area contributed by atoms with Crippen LogP contribution in [-0.2, 0) is 27.8 Å². The van der Waals surface area contributed by atoms with Crippen LogP contribution in [-0.4, -0.2) is 38.2 Å². The topological polar surface area (TPSA) is 101 Å². The van der Waals surface area contributed by atoms with Crippen molar-refractivity contribution in [1.82, 2.24) is 4.57 Å². The number of aromatic nitrogens is 1. The molecule has 0 spiro atoms. The quantitative estimate of drug-likeness (QED) is 0.289. The van der Waals surface area contributed by atoms with Crippen LogP contribution in [0.15, 0.2) is 41.2 Å². The molecule has 0 atom stereocenters. The van der Waals surface area contributed by atoms with Crippen molar-refractivity contribution < 1.29 is 40.0 Å². The van der Waals surface area contributed by atoms with Gasteiger partial charge in [0.05, 0.1) is 25.6 Å². The molecule has 4 rings (SSSR count). The van der Waals surface area contributed by atoms with Gasteiger partial charge in [0.15, 0.2) is 11.4 Å². The Labute approximate surface area is 195 Å². The van der Waals surface area contributed by atoms with E-state index in [0.29, 0.717) is 24.3 Å². The zero-order valence-corrected chi connectivity index (χ0v) is 18.9. The Bertz CT molecular complexity index is 1480. The first-order valence-electron chi connectivity index (χ1n) is 9.62. The number of rotatable bonds is 5. The summed E-state index contributed by atoms with van der Waals surface area (Å²) in [5.41, 5.74) is -6.05. The molecule has 0 unspecified atom stereocenters. The highest BCUT2D eigenvalue weighted by Crippen LogP contribution is 2.35. The largest absolute Gasteiger partial charge is 0.534 e. The lowest BCUT2D eigenvalue weighted by atomic mass is 10.1. The molecule has 1 aliphatic heterocycles. The van der Waals surface area contributed by atoms with Gasteiger partial charge in [-0.15, -0.1) is 0 Å². The van der Waals surface area contributed by atoms with Crippen LogP contribution in [0, 0.1) is 0 Å². The minimum atomic E-state index is -6.21. The summed E-state index contributed by atoms with van der Waals surface area (Å²) >= 11 is 5.93. The summed E-state index contributed by atoms with van der Waals surface area (Å²) in [7, 11) is -5.29. The van der Waals surface area contributed by atoms with Gasteiger partial charge in [-0.25, -0.2) is 4.79 Å². The molecule has 180 valence electrons. The van der Waals surface area contributed by atoms with Crippen LogP contribution >= 0.6 is 11.6 Å². The van der Waals surface area contributed by atoms with E-state index in [9.17, 15) is 31.2 Å². The van der Waals surface area contributed by atoms with Gasteiger partial charge < -0.3 is 13.7 Å². The van der Waals surface area contributed by atoms with Gasteiger partial charge in [0.1, 0.15) is 5.75 Å². The number of methoxy groups -OCH3 is 1. The Kier molecular flexibility index (Phi) is 5.98. The fourth-order valence-electron chi connectivity index (χ4n) is 3.60. The Morgan fingerprint density at radius 1 is 1.18 bits per heavy atom. The van der Waals surface area contributed by atoms with Crippen LogP contribution < -0.4 is 14.5 Å². The van der Waals surface area contributed by atoms with Crippen LogP contribution in [0.2, 0.25) is 5.02 Å². The average molecular weight is 518 g/mol. The Morgan fingerprint density at radius 2 is 1.91 bits per heavy atom. The minimum Gasteiger partial charge on any atom is -0.493 e. The summed E-state index contributed by atoms with van der Waals surface area (Å²) in [6.45, 7) is 0.174. The maximum atomic E-state index is 13.3. The van der Waals surface area contributed by atoms with Crippen LogP contribution in [0.3, 0.4) is 0 Å². The van der Waals surface area contributed by atoms with Crippen molar-refractivity contribution >= 4 is 38.5 Å². The summed E-state index contributed by atoms with van der Waals surface area (Å²) in [4.78, 5) is 26.0. The molecule has 0 amide bonds. The van der Waals surface area contributed by atoms with Crippen molar-refractivity contribution in [2.45, 2.75) is 18.5 Å². The van der Waals surface area contributed by atoms with Gasteiger partial charge in [0.2, 0.25) is 0 Å². The van der Waals surface area contributed by atoms with Crippen molar-refractivity contribution in [3.05, 3.63) is 68.6 Å². The molecular weight excluding hydrogens is 503 g/mol. The number of carbonyl (C=O) groups excluding carboxylic acids is 1. The molecule has 34 heavy (non-hydrogen) atoms. The molecule has 1 aliphatic rings. The number of benzene rings is 2. The number of carbonyl (C=O) groups is 1. The number of fused-ring (bicyclic) bond motifs is 2. The lowest BCUT2D eigenvalue weighted by Gasteiger charge is -2.19. The number of pyridine rings is 1. The van der Waals surface area contributed by atoms with E-state index in [1.807, 2.05) is 0 Å². The number of ether oxygens (including phenoxy) is 2. The molecule has 0 radical (unpaired) electrons. The standard InChI is InChI=1S/C21H15ClF3NO7S/c1-31-20(28)17-18(33-34(29,30)21(23,24)25)15-9-13(22)3-4-14(15)19(27)26(17)10-11-2-5-16-12(8-11)6-7-32-16/h2-5,8-9H,6-7,10H2,1H3. The lowest BCUT2D eigenvalue weighted by molar-refractivity contribution is -0.0500. The normalized spacial score (nSPS) is 13.4. The number of halogens is 4. The second-order valence-electron chi connectivity index (χ2n) is 7.27. The molecular formula is C21H15ClF3NO7S. The smallest absolute Gasteiger partial charge is 0.493 e. The van der Waals surface area contributed by atoms with E-state index in [1.54, 1.807) is 18.2 Å². The second kappa shape index (κ2) is 8.51. The molecule has 0 aliphatic carbocycles. The number of hydrogen-bond donors (Lipinski definition) is 0. The van der Waals surface area contributed by atoms with Crippen LogP contribution in [0.5, 0.6) is 11.5 Å². The molecule has 2 heterocycles. The van der Waals surface area contributed by atoms with Crippen LogP contribution in [0.25, 0.3) is 10.8 Å². The van der Waals surface area contributed by atoms with Crippen molar-refractivity contribution in [2.24, 2.45) is 0 Å². The van der Waals surface area contributed by atoms with Crippen molar-refractivity contribution in [2.75, 3.05) is 13.7 Å². The van der Waals surface area contributed by atoms with E-state index >= 15 is 0 Å². The Hall–Kier alpha value is -3.25. The molecule has 0 saturated carbocycles. The minimum absolute atomic E-state index is 0.0339. The van der Waals surface area contributed by atoms with Gasteiger partial charge in [-0.1, -0.05) is 23.7 Å². The summed E-state index contributed by atoms with van der Waals surface area (Å²) in [5.74, 6) is -1.65. The van der Waals surface area contributed by atoms with E-state index in [4.69, 9.17) is 16.3 Å². The van der Waals surface area contributed by atoms with Gasteiger partial charge in [-0.05, 0) is 35.4 Å². The fourth-order valence-corrected chi connectivity index (χ4v) is 4.26. The SMILES string of the molecule is COC(=O)c1c(OS(=O)(=O)C(F)(F)F)c2cc(Cl)ccc2c(=O)n1Cc1ccc2c(c1)CCO2. The number of hydrogen-bond acceptors (Lipinski definition) is 7. The molecule has 1 aromatic heterocycles. The van der Waals surface area contributed by atoms with Gasteiger partial charge in [-0.2, -0.15) is 21.6 Å². The summed E-state index contributed by atoms with van der Waals surface area (Å²) < 4.78 is 78.4. The fraction of sp³-hybridized carbons (Fsp3) is 0.238. The number of esters is 1. The molecule has 13 heteroatoms. The molecule has 3 aromatic rings. The highest BCUT2D eigenvalue weighted by Gasteiger charge is 2.49. The summed E-state index contributed by atoms with van der Waals surface area (Å²) in [6.07, 6.45) is 0.607. The van der Waals surface area contributed by atoms with Crippen LogP contribution in [0.1, 0.15) is 21.6 Å². The molecule has 0 saturated heterocycles. The third kappa shape index (κ3) is 4.18. The first kappa shape index (κ1) is 23.9. The summed E-state index contributed by atoms with van der Waals surface area (Å²) in [5, 5.41) is -0.647. The Morgan fingerprint density at radius 3 is 2.59 bits per heavy atom. The van der Waals surface area contributed by atoms with Gasteiger partial charge >= 0.3 is 21.6 Å². The van der Waals surface area contributed by atoms with Gasteiger partial charge in [0.25, 0.3) is 5.56 Å². The maximum Gasteiger partial charge on any atom is 0.534 e. The van der Waals surface area contributed by atoms with E-state index in [2.05, 4.69) is 8.92 Å². The first-order chi connectivity index (χ1) is 15.9. The lowest BCUT2D eigenvalue weighted by Crippen LogP contribution is -2.32. The third-order valence-electron chi connectivity index (χ3n) is 5.14. The number of alkyl halides is 3. The van der Waals surface area contributed by atoms with Gasteiger partial charge in [0, 0.05) is 16.8 Å². The first-order valence-corrected chi connectivity index (χ1v) is 11.4. The van der Waals surface area contributed by atoms with E-state index in [0.717, 1.165) is 23.3 Å². The van der Waals surface area contributed by atoms with Gasteiger partial charge in [-0.3, -0.25) is 9.36 Å². The molecule has 0 bridgehead atoms. The van der Waals surface area contributed by atoms with Crippen molar-refractivity contribution in [3.8, 4) is 11.5 Å². The molecule has 0 N–H and O–H groups in total. The maximum absolute atomic E-state index is 13.3. The summed E-state index contributed by atoms with van der Waals surface area (Å²) in [6, 6.07) is 8.50. The second-order valence-corrected chi connectivity index (χ2v) is 9.25. The highest BCUT2D eigenvalue weighted by atomic mass is 35.5. The third-order valence-corrected chi connectivity index (χ3v) is 6.32. The zero-order chi connectivity index (χ0) is 24.8. The molecule has 8 nitrogen and oxygen atoms in total. The molecule has 2 aromatic carbocycles. The van der Waals surface area contributed by atoms with Crippen LogP contribution in [0.4, 0.5) is 13.2 Å². The van der Waals surface area contributed by atoms with Crippen molar-refractivity contribution in [3.63, 3.8) is 0 Å².